The fourth-order valence-electron chi connectivity index (χ4n) is 4.05. The summed E-state index contributed by atoms with van der Waals surface area (Å²) in [5.74, 6) is 0. The number of carbonyl (C=O) groups is 1. The van der Waals surface area contributed by atoms with Crippen LogP contribution in [0.2, 0.25) is 0 Å². The number of aromatic nitrogens is 2. The quantitative estimate of drug-likeness (QED) is 0.681. The molecule has 0 spiro atoms. The van der Waals surface area contributed by atoms with Crippen LogP contribution in [0.15, 0.2) is 53.3 Å². The van der Waals surface area contributed by atoms with Gasteiger partial charge in [-0.1, -0.05) is 30.3 Å². The minimum atomic E-state index is -0.884. The second-order valence-electron chi connectivity index (χ2n) is 6.95. The van der Waals surface area contributed by atoms with E-state index < -0.39 is 11.6 Å². The van der Waals surface area contributed by atoms with Gasteiger partial charge in [0, 0.05) is 25.4 Å². The predicted molar refractivity (Wildman–Crippen MR) is 103 cm³/mol. The molecule has 134 valence electrons. The Morgan fingerprint density at radius 1 is 1.31 bits per heavy atom. The monoisotopic (exact) mass is 413 g/mol. The molecule has 26 heavy (non-hydrogen) atoms. The molecule has 4 rings (SSSR count). The molecule has 1 aliphatic rings. The normalized spacial score (nSPS) is 20.0. The molecular formula is C20H20BrN3O2. The molecule has 3 aromatic rings. The maximum absolute atomic E-state index is 12.0. The fourth-order valence-corrected chi connectivity index (χ4v) is 4.70. The Labute approximate surface area is 160 Å². The molecule has 1 aliphatic heterocycles. The Bertz CT molecular complexity index is 970. The summed E-state index contributed by atoms with van der Waals surface area (Å²) >= 11 is 3.58. The standard InChI is InChI=1S/C20H20BrN3O2/c1-14-10-16(21)18-22-17(13-23(18)12-14)20(8-5-9-24(20)19(25)26)11-15-6-3-2-4-7-15/h2-4,6-7,10,12-13H,5,8-9,11H2,1H3,(H,25,26). The minimum absolute atomic E-state index is 0.538. The molecule has 1 unspecified atom stereocenters. The average Bonchev–Trinajstić information content (AvgIpc) is 3.21. The van der Waals surface area contributed by atoms with Gasteiger partial charge in [-0.3, -0.25) is 4.90 Å². The van der Waals surface area contributed by atoms with Crippen molar-refractivity contribution in [3.8, 4) is 0 Å². The van der Waals surface area contributed by atoms with Crippen molar-refractivity contribution in [2.24, 2.45) is 0 Å². The molecule has 0 radical (unpaired) electrons. The lowest BCUT2D eigenvalue weighted by atomic mass is 9.85. The molecule has 1 aromatic carbocycles. The van der Waals surface area contributed by atoms with Crippen molar-refractivity contribution in [2.45, 2.75) is 31.7 Å². The largest absolute Gasteiger partial charge is 0.465 e. The van der Waals surface area contributed by atoms with Crippen molar-refractivity contribution >= 4 is 27.7 Å². The summed E-state index contributed by atoms with van der Waals surface area (Å²) in [4.78, 5) is 18.4. The Morgan fingerprint density at radius 3 is 2.81 bits per heavy atom. The number of benzene rings is 1. The number of amides is 1. The number of nitrogens with zero attached hydrogens (tertiary/aromatic N) is 3. The van der Waals surface area contributed by atoms with Gasteiger partial charge in [0.25, 0.3) is 0 Å². The van der Waals surface area contributed by atoms with Crippen molar-refractivity contribution < 1.29 is 9.90 Å². The highest BCUT2D eigenvalue weighted by atomic mass is 79.9. The molecule has 0 aliphatic carbocycles. The summed E-state index contributed by atoms with van der Waals surface area (Å²) < 4.78 is 2.90. The molecule has 1 atom stereocenters. The number of pyridine rings is 1. The van der Waals surface area contributed by atoms with E-state index in [1.807, 2.05) is 48.0 Å². The van der Waals surface area contributed by atoms with Crippen molar-refractivity contribution in [1.82, 2.24) is 14.3 Å². The minimum Gasteiger partial charge on any atom is -0.465 e. The van der Waals surface area contributed by atoms with Crippen molar-refractivity contribution in [1.29, 1.82) is 0 Å². The second-order valence-corrected chi connectivity index (χ2v) is 7.81. The van der Waals surface area contributed by atoms with E-state index in [2.05, 4.69) is 28.1 Å². The lowest BCUT2D eigenvalue weighted by molar-refractivity contribution is 0.0985. The molecule has 0 saturated carbocycles. The SMILES string of the molecule is Cc1cc(Br)c2nc(C3(Cc4ccccc4)CCCN3C(=O)O)cn2c1. The first-order chi connectivity index (χ1) is 12.5. The molecule has 1 N–H and O–H groups in total. The summed E-state index contributed by atoms with van der Waals surface area (Å²) in [7, 11) is 0. The molecule has 0 bridgehead atoms. The Morgan fingerprint density at radius 2 is 2.08 bits per heavy atom. The lowest BCUT2D eigenvalue weighted by Gasteiger charge is -2.35. The van der Waals surface area contributed by atoms with E-state index in [1.54, 1.807) is 4.90 Å². The van der Waals surface area contributed by atoms with Gasteiger partial charge in [0.1, 0.15) is 0 Å². The van der Waals surface area contributed by atoms with E-state index in [0.29, 0.717) is 13.0 Å². The zero-order chi connectivity index (χ0) is 18.3. The van der Waals surface area contributed by atoms with E-state index >= 15 is 0 Å². The summed E-state index contributed by atoms with van der Waals surface area (Å²) in [5.41, 5.74) is 3.23. The predicted octanol–water partition coefficient (Wildman–Crippen LogP) is 4.62. The van der Waals surface area contributed by atoms with Gasteiger partial charge < -0.3 is 9.51 Å². The Balaban J connectivity index is 1.88. The van der Waals surface area contributed by atoms with Gasteiger partial charge in [-0.05, 0) is 52.9 Å². The summed E-state index contributed by atoms with van der Waals surface area (Å²) in [6.45, 7) is 2.57. The second kappa shape index (κ2) is 6.43. The van der Waals surface area contributed by atoms with Crippen LogP contribution in [0, 0.1) is 6.92 Å². The number of fused-ring (bicyclic) bond motifs is 1. The number of hydrogen-bond acceptors (Lipinski definition) is 2. The molecule has 1 saturated heterocycles. The highest BCUT2D eigenvalue weighted by molar-refractivity contribution is 9.10. The summed E-state index contributed by atoms with van der Waals surface area (Å²) in [5, 5.41) is 9.84. The zero-order valence-electron chi connectivity index (χ0n) is 14.5. The molecule has 3 heterocycles. The van der Waals surface area contributed by atoms with Gasteiger partial charge in [-0.25, -0.2) is 9.78 Å². The Hall–Kier alpha value is -2.34. The number of rotatable bonds is 3. The molecule has 5 nitrogen and oxygen atoms in total. The number of hydrogen-bond donors (Lipinski definition) is 1. The highest BCUT2D eigenvalue weighted by Crippen LogP contribution is 2.42. The number of carboxylic acid groups (broad SMARTS) is 1. The van der Waals surface area contributed by atoms with E-state index in [1.165, 1.54) is 0 Å². The first kappa shape index (κ1) is 17.1. The van der Waals surface area contributed by atoms with Crippen LogP contribution in [0.1, 0.15) is 29.7 Å². The van der Waals surface area contributed by atoms with Crippen LogP contribution in [-0.2, 0) is 12.0 Å². The Kier molecular flexibility index (Phi) is 4.23. The van der Waals surface area contributed by atoms with Crippen LogP contribution in [0.3, 0.4) is 0 Å². The number of imidazole rings is 1. The van der Waals surface area contributed by atoms with E-state index in [-0.39, 0.29) is 0 Å². The van der Waals surface area contributed by atoms with Gasteiger partial charge >= 0.3 is 6.09 Å². The smallest absolute Gasteiger partial charge is 0.408 e. The van der Waals surface area contributed by atoms with Crippen LogP contribution < -0.4 is 0 Å². The summed E-state index contributed by atoms with van der Waals surface area (Å²) in [6, 6.07) is 12.1. The third-order valence-electron chi connectivity index (χ3n) is 5.18. The molecule has 2 aromatic heterocycles. The number of halogens is 1. The van der Waals surface area contributed by atoms with Gasteiger partial charge in [-0.15, -0.1) is 0 Å². The van der Waals surface area contributed by atoms with E-state index in [4.69, 9.17) is 4.98 Å². The first-order valence-corrected chi connectivity index (χ1v) is 9.49. The first-order valence-electron chi connectivity index (χ1n) is 8.69. The van der Waals surface area contributed by atoms with Crippen LogP contribution in [-0.4, -0.2) is 32.0 Å². The van der Waals surface area contributed by atoms with Crippen LogP contribution >= 0.6 is 15.9 Å². The third kappa shape index (κ3) is 2.78. The number of aryl methyl sites for hydroxylation is 1. The van der Waals surface area contributed by atoms with Gasteiger partial charge in [0.05, 0.1) is 15.7 Å². The van der Waals surface area contributed by atoms with Crippen LogP contribution in [0.5, 0.6) is 0 Å². The maximum atomic E-state index is 12.0. The van der Waals surface area contributed by atoms with Gasteiger partial charge in [-0.2, -0.15) is 0 Å². The highest BCUT2D eigenvalue weighted by Gasteiger charge is 2.47. The topological polar surface area (TPSA) is 57.8 Å². The number of likely N-dealkylation sites (tertiary alicyclic amines) is 1. The molecule has 1 fully saturated rings. The molecular weight excluding hydrogens is 394 g/mol. The lowest BCUT2D eigenvalue weighted by Crippen LogP contribution is -2.46. The average molecular weight is 414 g/mol. The van der Waals surface area contributed by atoms with Crippen LogP contribution in [0.4, 0.5) is 4.79 Å². The van der Waals surface area contributed by atoms with Crippen molar-refractivity contribution in [2.75, 3.05) is 6.54 Å². The van der Waals surface area contributed by atoms with Gasteiger partial charge in [0.2, 0.25) is 0 Å². The van der Waals surface area contributed by atoms with Crippen molar-refractivity contribution in [3.63, 3.8) is 0 Å². The summed E-state index contributed by atoms with van der Waals surface area (Å²) in [6.07, 6.45) is 5.36. The van der Waals surface area contributed by atoms with Crippen molar-refractivity contribution in [3.05, 3.63) is 70.1 Å². The fraction of sp³-hybridized carbons (Fsp3) is 0.300. The van der Waals surface area contributed by atoms with E-state index in [0.717, 1.165) is 39.8 Å². The maximum Gasteiger partial charge on any atom is 0.408 e. The molecule has 6 heteroatoms. The van der Waals surface area contributed by atoms with Gasteiger partial charge in [0.15, 0.2) is 5.65 Å². The molecule has 1 amide bonds. The van der Waals surface area contributed by atoms with Crippen LogP contribution in [0.25, 0.3) is 5.65 Å². The zero-order valence-corrected chi connectivity index (χ0v) is 16.1. The van der Waals surface area contributed by atoms with E-state index in [9.17, 15) is 9.90 Å². The third-order valence-corrected chi connectivity index (χ3v) is 5.76.